The van der Waals surface area contributed by atoms with E-state index < -0.39 is 12.0 Å². The number of methoxy groups -OCH3 is 1. The van der Waals surface area contributed by atoms with E-state index in [2.05, 4.69) is 0 Å². The minimum atomic E-state index is -0.962. The predicted octanol–water partition coefficient (Wildman–Crippen LogP) is 2.52. The van der Waals surface area contributed by atoms with Crippen LogP contribution in [0.5, 0.6) is 0 Å². The molecule has 0 rings (SSSR count). The van der Waals surface area contributed by atoms with Crippen LogP contribution in [0, 0.1) is 5.92 Å². The number of aliphatic carboxylic acids is 1. The summed E-state index contributed by atoms with van der Waals surface area (Å²) in [6.07, 6.45) is 3.45. The Morgan fingerprint density at radius 2 is 1.76 bits per heavy atom. The van der Waals surface area contributed by atoms with Crippen molar-refractivity contribution >= 4 is 29.0 Å². The Morgan fingerprint density at radius 1 is 1.19 bits per heavy atom. The molecule has 0 aromatic carbocycles. The first-order chi connectivity index (χ1) is 9.81. The van der Waals surface area contributed by atoms with E-state index in [0.717, 1.165) is 24.1 Å². The van der Waals surface area contributed by atoms with E-state index in [1.54, 1.807) is 28.0 Å². The first-order valence-corrected chi connectivity index (χ1v) is 7.71. The summed E-state index contributed by atoms with van der Waals surface area (Å²) in [4.78, 5) is 25.5. The zero-order chi connectivity index (χ0) is 16.4. The zero-order valence-electron chi connectivity index (χ0n) is 13.4. The second-order valence-electron chi connectivity index (χ2n) is 5.52. The summed E-state index contributed by atoms with van der Waals surface area (Å²) in [5, 5.41) is 9.17. The first-order valence-electron chi connectivity index (χ1n) is 7.30. The third-order valence-electron chi connectivity index (χ3n) is 3.35. The van der Waals surface area contributed by atoms with Crippen LogP contribution in [-0.4, -0.2) is 53.6 Å². The predicted molar refractivity (Wildman–Crippen MR) is 86.6 cm³/mol. The maximum Gasteiger partial charge on any atom is 0.326 e. The van der Waals surface area contributed by atoms with Crippen molar-refractivity contribution in [3.05, 3.63) is 0 Å². The van der Waals surface area contributed by atoms with Gasteiger partial charge in [0.05, 0.1) is 0 Å². The number of ether oxygens (including phenoxy) is 1. The Bertz CT molecular complexity index is 358. The molecule has 0 saturated heterocycles. The number of carbonyl (C=O) groups excluding carboxylic acids is 1. The van der Waals surface area contributed by atoms with E-state index in [1.165, 1.54) is 4.90 Å². The monoisotopic (exact) mass is 317 g/mol. The van der Waals surface area contributed by atoms with Gasteiger partial charge in [0, 0.05) is 27.2 Å². The van der Waals surface area contributed by atoms with Crippen molar-refractivity contribution in [3.63, 3.8) is 0 Å². The van der Waals surface area contributed by atoms with Gasteiger partial charge >= 0.3 is 5.97 Å². The summed E-state index contributed by atoms with van der Waals surface area (Å²) in [6, 6.07) is -0.772. The van der Waals surface area contributed by atoms with Crippen molar-refractivity contribution in [1.29, 1.82) is 0 Å². The van der Waals surface area contributed by atoms with Gasteiger partial charge in [-0.3, -0.25) is 4.79 Å². The van der Waals surface area contributed by atoms with Gasteiger partial charge in [0.15, 0.2) is 0 Å². The van der Waals surface area contributed by atoms with E-state index in [1.807, 2.05) is 0 Å². The molecule has 0 aromatic heterocycles. The van der Waals surface area contributed by atoms with Crippen molar-refractivity contribution in [2.45, 2.75) is 52.0 Å². The number of carboxylic acids is 1. The molecule has 6 heteroatoms. The molecule has 0 heterocycles. The minimum Gasteiger partial charge on any atom is -0.480 e. The van der Waals surface area contributed by atoms with Crippen LogP contribution in [0.4, 0.5) is 0 Å². The summed E-state index contributed by atoms with van der Waals surface area (Å²) < 4.78 is 4.96. The summed E-state index contributed by atoms with van der Waals surface area (Å²) in [7, 11) is 3.21. The zero-order valence-corrected chi connectivity index (χ0v) is 14.2. The number of hydrogen-bond acceptors (Lipinski definition) is 4. The SMILES string of the molecule is COCCCC(=S)CCCC(=O)N(C)[C@H](C(=O)O)C(C)C. The Hall–Kier alpha value is -1.01. The highest BCUT2D eigenvalue weighted by Crippen LogP contribution is 2.13. The molecular weight excluding hydrogens is 290 g/mol. The van der Waals surface area contributed by atoms with Gasteiger partial charge in [-0.1, -0.05) is 26.1 Å². The molecule has 1 amide bonds. The van der Waals surface area contributed by atoms with Gasteiger partial charge < -0.3 is 14.7 Å². The molecule has 0 spiro atoms. The highest BCUT2D eigenvalue weighted by atomic mass is 32.1. The van der Waals surface area contributed by atoms with Crippen LogP contribution in [0.25, 0.3) is 0 Å². The molecule has 0 aromatic rings. The Labute approximate surface area is 132 Å². The standard InChI is InChI=1S/C15H27NO4S/c1-11(2)14(15(18)19)16(3)13(17)9-5-7-12(21)8-6-10-20-4/h11,14H,5-10H2,1-4H3,(H,18,19)/t14-/m0/s1. The van der Waals surface area contributed by atoms with Crippen LogP contribution in [0.3, 0.4) is 0 Å². The summed E-state index contributed by atoms with van der Waals surface area (Å²) >= 11 is 5.25. The highest BCUT2D eigenvalue weighted by molar-refractivity contribution is 7.80. The number of rotatable bonds is 11. The molecule has 0 bridgehead atoms. The van der Waals surface area contributed by atoms with Gasteiger partial charge in [0.2, 0.25) is 5.91 Å². The summed E-state index contributed by atoms with van der Waals surface area (Å²) in [6.45, 7) is 4.29. The molecule has 5 nitrogen and oxygen atoms in total. The molecular formula is C15H27NO4S. The van der Waals surface area contributed by atoms with Crippen LogP contribution in [0.1, 0.15) is 46.0 Å². The lowest BCUT2D eigenvalue weighted by Gasteiger charge is -2.27. The van der Waals surface area contributed by atoms with Crippen LogP contribution in [-0.2, 0) is 14.3 Å². The molecule has 1 N–H and O–H groups in total. The lowest BCUT2D eigenvalue weighted by atomic mass is 10.0. The normalized spacial score (nSPS) is 12.2. The minimum absolute atomic E-state index is 0.119. The third-order valence-corrected chi connectivity index (χ3v) is 3.75. The summed E-state index contributed by atoms with van der Waals surface area (Å²) in [5.74, 6) is -1.22. The van der Waals surface area contributed by atoms with E-state index in [4.69, 9.17) is 17.0 Å². The van der Waals surface area contributed by atoms with Crippen molar-refractivity contribution in [2.24, 2.45) is 5.92 Å². The molecule has 122 valence electrons. The number of carboxylic acid groups (broad SMARTS) is 1. The topological polar surface area (TPSA) is 66.8 Å². The molecule has 1 atom stereocenters. The number of nitrogens with zero attached hydrogens (tertiary/aromatic N) is 1. The van der Waals surface area contributed by atoms with Crippen molar-refractivity contribution in [1.82, 2.24) is 4.90 Å². The number of hydrogen-bond donors (Lipinski definition) is 1. The number of carbonyl (C=O) groups is 2. The maximum atomic E-state index is 12.0. The number of likely N-dealkylation sites (N-methyl/N-ethyl adjacent to an activating group) is 1. The molecule has 21 heavy (non-hydrogen) atoms. The van der Waals surface area contributed by atoms with Crippen LogP contribution in [0.2, 0.25) is 0 Å². The van der Waals surface area contributed by atoms with E-state index in [0.29, 0.717) is 19.4 Å². The molecule has 0 saturated carbocycles. The van der Waals surface area contributed by atoms with Crippen LogP contribution < -0.4 is 0 Å². The first kappa shape index (κ1) is 20.0. The van der Waals surface area contributed by atoms with E-state index in [-0.39, 0.29) is 11.8 Å². The smallest absolute Gasteiger partial charge is 0.326 e. The lowest BCUT2D eigenvalue weighted by Crippen LogP contribution is -2.45. The fourth-order valence-corrected chi connectivity index (χ4v) is 2.49. The maximum absolute atomic E-state index is 12.0. The Balaban J connectivity index is 4.13. The highest BCUT2D eigenvalue weighted by Gasteiger charge is 2.28. The van der Waals surface area contributed by atoms with Gasteiger partial charge in [0.25, 0.3) is 0 Å². The molecule has 0 radical (unpaired) electrons. The van der Waals surface area contributed by atoms with Gasteiger partial charge in [-0.25, -0.2) is 4.79 Å². The average Bonchev–Trinajstić information content (AvgIpc) is 2.37. The molecule has 0 aliphatic rings. The van der Waals surface area contributed by atoms with Crippen molar-refractivity contribution in [2.75, 3.05) is 20.8 Å². The molecule has 0 fully saturated rings. The third kappa shape index (κ3) is 8.12. The Kier molecular flexibility index (Phi) is 10.2. The average molecular weight is 317 g/mol. The van der Waals surface area contributed by atoms with Crippen molar-refractivity contribution < 1.29 is 19.4 Å². The van der Waals surface area contributed by atoms with Gasteiger partial charge in [0.1, 0.15) is 6.04 Å². The number of thiocarbonyl (C=S) groups is 1. The van der Waals surface area contributed by atoms with Crippen molar-refractivity contribution in [3.8, 4) is 0 Å². The molecule has 0 aliphatic heterocycles. The van der Waals surface area contributed by atoms with Crippen LogP contribution >= 0.6 is 12.2 Å². The Morgan fingerprint density at radius 3 is 2.24 bits per heavy atom. The number of amides is 1. The fourth-order valence-electron chi connectivity index (χ4n) is 2.20. The quantitative estimate of drug-likeness (QED) is 0.468. The largest absolute Gasteiger partial charge is 0.480 e. The van der Waals surface area contributed by atoms with Gasteiger partial charge in [-0.2, -0.15) is 0 Å². The lowest BCUT2D eigenvalue weighted by molar-refractivity contribution is -0.151. The summed E-state index contributed by atoms with van der Waals surface area (Å²) in [5.41, 5.74) is 0. The second-order valence-corrected chi connectivity index (χ2v) is 6.10. The fraction of sp³-hybridized carbons (Fsp3) is 0.800. The molecule has 0 unspecified atom stereocenters. The van der Waals surface area contributed by atoms with Crippen LogP contribution in [0.15, 0.2) is 0 Å². The van der Waals surface area contributed by atoms with E-state index in [9.17, 15) is 14.7 Å². The second kappa shape index (κ2) is 10.7. The van der Waals surface area contributed by atoms with E-state index >= 15 is 0 Å². The van der Waals surface area contributed by atoms with Gasteiger partial charge in [-0.05, 0) is 36.5 Å². The molecule has 0 aliphatic carbocycles. The van der Waals surface area contributed by atoms with Gasteiger partial charge in [-0.15, -0.1) is 0 Å².